The van der Waals surface area contributed by atoms with E-state index in [1.807, 2.05) is 19.2 Å². The van der Waals surface area contributed by atoms with Crippen LogP contribution in [0.4, 0.5) is 5.82 Å². The molecule has 0 unspecified atom stereocenters. The zero-order chi connectivity index (χ0) is 10.8. The third-order valence-electron chi connectivity index (χ3n) is 2.92. The molecular formula is C12H19N3. The number of hydrogen-bond donors (Lipinski definition) is 1. The summed E-state index contributed by atoms with van der Waals surface area (Å²) in [5, 5.41) is 0. The van der Waals surface area contributed by atoms with Crippen LogP contribution in [0.2, 0.25) is 0 Å². The first-order valence-corrected chi connectivity index (χ1v) is 5.59. The van der Waals surface area contributed by atoms with E-state index in [9.17, 15) is 0 Å². The molecule has 1 fully saturated rings. The van der Waals surface area contributed by atoms with E-state index in [4.69, 9.17) is 5.73 Å². The lowest BCUT2D eigenvalue weighted by molar-refractivity contribution is 0.769. The predicted molar refractivity (Wildman–Crippen MR) is 62.8 cm³/mol. The molecule has 1 aliphatic rings. The van der Waals surface area contributed by atoms with Crippen molar-refractivity contribution < 1.29 is 0 Å². The van der Waals surface area contributed by atoms with E-state index in [1.54, 1.807) is 0 Å². The zero-order valence-corrected chi connectivity index (χ0v) is 9.48. The lowest BCUT2D eigenvalue weighted by atomic mass is 10.1. The van der Waals surface area contributed by atoms with Gasteiger partial charge in [-0.3, -0.25) is 0 Å². The van der Waals surface area contributed by atoms with Gasteiger partial charge in [-0.1, -0.05) is 0 Å². The summed E-state index contributed by atoms with van der Waals surface area (Å²) in [4.78, 5) is 6.60. The van der Waals surface area contributed by atoms with Crippen LogP contribution in [-0.4, -0.2) is 18.6 Å². The van der Waals surface area contributed by atoms with Crippen molar-refractivity contribution in [2.24, 2.45) is 11.7 Å². The maximum Gasteiger partial charge on any atom is 0.128 e. The third kappa shape index (κ3) is 2.69. The molecule has 1 aromatic heterocycles. The standard InChI is InChI=1S/C12H19N3/c1-9(13)11-5-6-14-12(7-11)15(2)8-10-3-4-10/h5-7,9-10H,3-4,8,13H2,1-2H3/t9-/m0/s1. The summed E-state index contributed by atoms with van der Waals surface area (Å²) in [6.45, 7) is 3.12. The summed E-state index contributed by atoms with van der Waals surface area (Å²) >= 11 is 0. The van der Waals surface area contributed by atoms with Gasteiger partial charge in [0.25, 0.3) is 0 Å². The Morgan fingerprint density at radius 1 is 1.60 bits per heavy atom. The van der Waals surface area contributed by atoms with Crippen LogP contribution in [-0.2, 0) is 0 Å². The van der Waals surface area contributed by atoms with E-state index < -0.39 is 0 Å². The van der Waals surface area contributed by atoms with E-state index in [1.165, 1.54) is 12.8 Å². The maximum atomic E-state index is 5.85. The Bertz CT molecular complexity index is 331. The second-order valence-electron chi connectivity index (χ2n) is 4.56. The molecule has 0 bridgehead atoms. The molecule has 0 aromatic carbocycles. The lowest BCUT2D eigenvalue weighted by Crippen LogP contribution is -2.21. The summed E-state index contributed by atoms with van der Waals surface area (Å²) in [5.74, 6) is 1.92. The molecule has 82 valence electrons. The van der Waals surface area contributed by atoms with Crippen molar-refractivity contribution >= 4 is 5.82 Å². The van der Waals surface area contributed by atoms with Gasteiger partial charge in [-0.2, -0.15) is 0 Å². The fraction of sp³-hybridized carbons (Fsp3) is 0.583. The van der Waals surface area contributed by atoms with E-state index in [0.717, 1.165) is 23.8 Å². The van der Waals surface area contributed by atoms with Gasteiger partial charge >= 0.3 is 0 Å². The molecule has 2 N–H and O–H groups in total. The summed E-state index contributed by atoms with van der Waals surface area (Å²) in [7, 11) is 2.10. The van der Waals surface area contributed by atoms with Crippen LogP contribution in [0.25, 0.3) is 0 Å². The average Bonchev–Trinajstić information content (AvgIpc) is 3.02. The smallest absolute Gasteiger partial charge is 0.128 e. The van der Waals surface area contributed by atoms with Gasteiger partial charge in [0.15, 0.2) is 0 Å². The molecule has 1 saturated carbocycles. The molecule has 1 heterocycles. The summed E-state index contributed by atoms with van der Waals surface area (Å²) in [6.07, 6.45) is 4.59. The maximum absolute atomic E-state index is 5.85. The van der Waals surface area contributed by atoms with Gasteiger partial charge in [0.2, 0.25) is 0 Å². The molecule has 0 spiro atoms. The molecule has 2 rings (SSSR count). The quantitative estimate of drug-likeness (QED) is 0.817. The molecule has 0 amide bonds. The summed E-state index contributed by atoms with van der Waals surface area (Å²) in [6, 6.07) is 4.16. The fourth-order valence-electron chi connectivity index (χ4n) is 1.71. The van der Waals surface area contributed by atoms with Gasteiger partial charge in [-0.25, -0.2) is 4.98 Å². The van der Waals surface area contributed by atoms with Crippen LogP contribution in [0.1, 0.15) is 31.4 Å². The first-order valence-electron chi connectivity index (χ1n) is 5.59. The predicted octanol–water partition coefficient (Wildman–Crippen LogP) is 1.95. The van der Waals surface area contributed by atoms with Gasteiger partial charge in [0.1, 0.15) is 5.82 Å². The highest BCUT2D eigenvalue weighted by molar-refractivity contribution is 5.41. The van der Waals surface area contributed by atoms with Crippen LogP contribution in [0, 0.1) is 5.92 Å². The molecular weight excluding hydrogens is 186 g/mol. The Balaban J connectivity index is 2.08. The van der Waals surface area contributed by atoms with Gasteiger partial charge in [0, 0.05) is 25.8 Å². The molecule has 3 nitrogen and oxygen atoms in total. The highest BCUT2D eigenvalue weighted by Crippen LogP contribution is 2.30. The number of hydrogen-bond acceptors (Lipinski definition) is 3. The first kappa shape index (κ1) is 10.4. The van der Waals surface area contributed by atoms with Crippen LogP contribution < -0.4 is 10.6 Å². The SMILES string of the molecule is C[C@H](N)c1ccnc(N(C)CC2CC2)c1. The van der Waals surface area contributed by atoms with Crippen molar-refractivity contribution in [2.75, 3.05) is 18.5 Å². The van der Waals surface area contributed by atoms with Crippen LogP contribution in [0.3, 0.4) is 0 Å². The van der Waals surface area contributed by atoms with Gasteiger partial charge < -0.3 is 10.6 Å². The molecule has 0 saturated heterocycles. The molecule has 1 aromatic rings. The molecule has 0 radical (unpaired) electrons. The van der Waals surface area contributed by atoms with E-state index in [2.05, 4.69) is 23.0 Å². The van der Waals surface area contributed by atoms with Gasteiger partial charge in [0.05, 0.1) is 0 Å². The van der Waals surface area contributed by atoms with Crippen molar-refractivity contribution in [1.82, 2.24) is 4.98 Å². The van der Waals surface area contributed by atoms with Crippen LogP contribution in [0.15, 0.2) is 18.3 Å². The number of nitrogens with two attached hydrogens (primary N) is 1. The molecule has 1 atom stereocenters. The highest BCUT2D eigenvalue weighted by Gasteiger charge is 2.23. The lowest BCUT2D eigenvalue weighted by Gasteiger charge is -2.19. The van der Waals surface area contributed by atoms with E-state index >= 15 is 0 Å². The fourth-order valence-corrected chi connectivity index (χ4v) is 1.71. The molecule has 0 aliphatic heterocycles. The number of rotatable bonds is 4. The minimum absolute atomic E-state index is 0.0843. The van der Waals surface area contributed by atoms with Crippen molar-refractivity contribution in [3.05, 3.63) is 23.9 Å². The van der Waals surface area contributed by atoms with Crippen molar-refractivity contribution in [3.8, 4) is 0 Å². The minimum atomic E-state index is 0.0843. The third-order valence-corrected chi connectivity index (χ3v) is 2.92. The average molecular weight is 205 g/mol. The number of anilines is 1. The van der Waals surface area contributed by atoms with Crippen molar-refractivity contribution in [3.63, 3.8) is 0 Å². The Morgan fingerprint density at radius 2 is 2.33 bits per heavy atom. The summed E-state index contributed by atoms with van der Waals surface area (Å²) < 4.78 is 0. The Labute approximate surface area is 91.3 Å². The largest absolute Gasteiger partial charge is 0.359 e. The second-order valence-corrected chi connectivity index (χ2v) is 4.56. The van der Waals surface area contributed by atoms with Crippen molar-refractivity contribution in [1.29, 1.82) is 0 Å². The molecule has 15 heavy (non-hydrogen) atoms. The van der Waals surface area contributed by atoms with Gasteiger partial charge in [-0.05, 0) is 43.4 Å². The Hall–Kier alpha value is -1.09. The topological polar surface area (TPSA) is 42.1 Å². The van der Waals surface area contributed by atoms with Crippen molar-refractivity contribution in [2.45, 2.75) is 25.8 Å². The van der Waals surface area contributed by atoms with E-state index in [0.29, 0.717) is 0 Å². The van der Waals surface area contributed by atoms with Gasteiger partial charge in [-0.15, -0.1) is 0 Å². The summed E-state index contributed by atoms with van der Waals surface area (Å²) in [5.41, 5.74) is 7.01. The highest BCUT2D eigenvalue weighted by atomic mass is 15.2. The number of aromatic nitrogens is 1. The molecule has 3 heteroatoms. The Morgan fingerprint density at radius 3 is 2.93 bits per heavy atom. The monoisotopic (exact) mass is 205 g/mol. The Kier molecular flexibility index (Phi) is 2.91. The molecule has 1 aliphatic carbocycles. The first-order chi connectivity index (χ1) is 7.16. The zero-order valence-electron chi connectivity index (χ0n) is 9.48. The number of nitrogens with zero attached hydrogens (tertiary/aromatic N) is 2. The normalized spacial score (nSPS) is 17.5. The minimum Gasteiger partial charge on any atom is -0.359 e. The van der Waals surface area contributed by atoms with Crippen LogP contribution in [0.5, 0.6) is 0 Å². The number of pyridine rings is 1. The van der Waals surface area contributed by atoms with E-state index in [-0.39, 0.29) is 6.04 Å². The van der Waals surface area contributed by atoms with Crippen LogP contribution >= 0.6 is 0 Å². The second kappa shape index (κ2) is 4.19.